The number of nitrogens with one attached hydrogen (secondary N) is 2. The van der Waals surface area contributed by atoms with Gasteiger partial charge in [0.2, 0.25) is 11.8 Å². The van der Waals surface area contributed by atoms with Crippen molar-refractivity contribution in [3.8, 4) is 5.75 Å². The summed E-state index contributed by atoms with van der Waals surface area (Å²) in [6.07, 6.45) is 0.0664. The average Bonchev–Trinajstić information content (AvgIpc) is 2.70. The van der Waals surface area contributed by atoms with Gasteiger partial charge in [-0.15, -0.1) is 0 Å². The SMILES string of the molecule is COc1cccc(CNC(=O)CCC(=O)N[C@H](C)C(=O)c2ccc(Br)cc2)c1. The molecule has 2 N–H and O–H groups in total. The van der Waals surface area contributed by atoms with Crippen molar-refractivity contribution in [1.82, 2.24) is 10.6 Å². The van der Waals surface area contributed by atoms with Crippen molar-refractivity contribution in [2.45, 2.75) is 32.4 Å². The number of ketones is 1. The molecule has 0 saturated carbocycles. The predicted molar refractivity (Wildman–Crippen MR) is 110 cm³/mol. The van der Waals surface area contributed by atoms with E-state index in [0.717, 1.165) is 15.8 Å². The number of halogens is 1. The van der Waals surface area contributed by atoms with Crippen LogP contribution in [-0.4, -0.2) is 30.7 Å². The molecule has 0 aliphatic carbocycles. The summed E-state index contributed by atoms with van der Waals surface area (Å²) in [5, 5.41) is 5.41. The van der Waals surface area contributed by atoms with Crippen LogP contribution in [0.3, 0.4) is 0 Å². The molecule has 2 aromatic rings. The Hall–Kier alpha value is -2.67. The van der Waals surface area contributed by atoms with Gasteiger partial charge in [0.1, 0.15) is 5.75 Å². The number of rotatable bonds is 9. The zero-order valence-electron chi connectivity index (χ0n) is 15.8. The second-order valence-corrected chi connectivity index (χ2v) is 7.20. The summed E-state index contributed by atoms with van der Waals surface area (Å²) in [5.41, 5.74) is 1.43. The van der Waals surface area contributed by atoms with Gasteiger partial charge in [0.05, 0.1) is 13.2 Å². The van der Waals surface area contributed by atoms with Crippen molar-refractivity contribution in [3.05, 3.63) is 64.1 Å². The highest BCUT2D eigenvalue weighted by molar-refractivity contribution is 9.10. The number of ether oxygens (including phenoxy) is 1. The standard InChI is InChI=1S/C21H23BrN2O4/c1-14(21(27)16-6-8-17(22)9-7-16)24-20(26)11-10-19(25)23-13-15-4-3-5-18(12-15)28-2/h3-9,12,14H,10-11,13H2,1-2H3,(H,23,25)(H,24,26)/t14-/m1/s1. The van der Waals surface area contributed by atoms with E-state index in [-0.39, 0.29) is 30.4 Å². The molecule has 0 fully saturated rings. The third-order valence-corrected chi connectivity index (χ3v) is 4.63. The van der Waals surface area contributed by atoms with Gasteiger partial charge in [-0.1, -0.05) is 40.2 Å². The first kappa shape index (κ1) is 21.6. The fraction of sp³-hybridized carbons (Fsp3) is 0.286. The maximum absolute atomic E-state index is 12.3. The Balaban J connectivity index is 1.74. The van der Waals surface area contributed by atoms with Gasteiger partial charge in [0.15, 0.2) is 5.78 Å². The van der Waals surface area contributed by atoms with Gasteiger partial charge in [-0.05, 0) is 36.8 Å². The normalized spacial score (nSPS) is 11.4. The lowest BCUT2D eigenvalue weighted by molar-refractivity contribution is -0.126. The van der Waals surface area contributed by atoms with Gasteiger partial charge >= 0.3 is 0 Å². The van der Waals surface area contributed by atoms with Crippen molar-refractivity contribution >= 4 is 33.5 Å². The van der Waals surface area contributed by atoms with E-state index in [4.69, 9.17) is 4.74 Å². The summed E-state index contributed by atoms with van der Waals surface area (Å²) in [5.74, 6) is -0.0294. The second-order valence-electron chi connectivity index (χ2n) is 6.29. The zero-order valence-corrected chi connectivity index (χ0v) is 17.4. The van der Waals surface area contributed by atoms with Crippen LogP contribution in [0.25, 0.3) is 0 Å². The van der Waals surface area contributed by atoms with Crippen molar-refractivity contribution in [3.63, 3.8) is 0 Å². The minimum atomic E-state index is -0.659. The third kappa shape index (κ3) is 6.81. The molecule has 0 bridgehead atoms. The van der Waals surface area contributed by atoms with Crippen molar-refractivity contribution in [2.24, 2.45) is 0 Å². The number of methoxy groups -OCH3 is 1. The molecular weight excluding hydrogens is 424 g/mol. The van der Waals surface area contributed by atoms with Crippen LogP contribution in [0.4, 0.5) is 0 Å². The number of hydrogen-bond acceptors (Lipinski definition) is 4. The summed E-state index contributed by atoms with van der Waals surface area (Å²) in [7, 11) is 1.58. The highest BCUT2D eigenvalue weighted by atomic mass is 79.9. The molecule has 2 aromatic carbocycles. The lowest BCUT2D eigenvalue weighted by atomic mass is 10.1. The van der Waals surface area contributed by atoms with Crippen LogP contribution in [0.1, 0.15) is 35.7 Å². The molecule has 0 spiro atoms. The van der Waals surface area contributed by atoms with Crippen LogP contribution in [0.5, 0.6) is 5.75 Å². The Labute approximate surface area is 172 Å². The summed E-state index contributed by atoms with van der Waals surface area (Å²) in [6, 6.07) is 13.7. The second kappa shape index (κ2) is 10.6. The van der Waals surface area contributed by atoms with Gasteiger partial charge in [-0.2, -0.15) is 0 Å². The molecule has 7 heteroatoms. The molecule has 0 unspecified atom stereocenters. The van der Waals surface area contributed by atoms with E-state index in [9.17, 15) is 14.4 Å². The van der Waals surface area contributed by atoms with Crippen LogP contribution in [0, 0.1) is 0 Å². The van der Waals surface area contributed by atoms with Crippen LogP contribution in [0.15, 0.2) is 53.0 Å². The molecule has 6 nitrogen and oxygen atoms in total. The maximum Gasteiger partial charge on any atom is 0.221 e. The van der Waals surface area contributed by atoms with E-state index in [1.807, 2.05) is 24.3 Å². The summed E-state index contributed by atoms with van der Waals surface area (Å²) in [6.45, 7) is 1.99. The lowest BCUT2D eigenvalue weighted by Gasteiger charge is -2.13. The molecule has 0 heterocycles. The summed E-state index contributed by atoms with van der Waals surface area (Å²) >= 11 is 3.32. The molecule has 0 aromatic heterocycles. The molecule has 28 heavy (non-hydrogen) atoms. The molecule has 148 valence electrons. The summed E-state index contributed by atoms with van der Waals surface area (Å²) in [4.78, 5) is 36.3. The quantitative estimate of drug-likeness (QED) is 0.579. The first-order valence-electron chi connectivity index (χ1n) is 8.88. The smallest absolute Gasteiger partial charge is 0.221 e. The van der Waals surface area contributed by atoms with Crippen LogP contribution in [0.2, 0.25) is 0 Å². The van der Waals surface area contributed by atoms with E-state index in [2.05, 4.69) is 26.6 Å². The van der Waals surface area contributed by atoms with Gasteiger partial charge in [0.25, 0.3) is 0 Å². The number of Topliss-reactive ketones (excluding diaryl/α,β-unsaturated/α-hetero) is 1. The van der Waals surface area contributed by atoms with Gasteiger partial charge in [-0.3, -0.25) is 14.4 Å². The Kier molecular flexibility index (Phi) is 8.19. The Bertz CT molecular complexity index is 837. The Morgan fingerprint density at radius 1 is 1.04 bits per heavy atom. The van der Waals surface area contributed by atoms with E-state index < -0.39 is 6.04 Å². The number of carbonyl (C=O) groups is 3. The lowest BCUT2D eigenvalue weighted by Crippen LogP contribution is -2.39. The Morgan fingerprint density at radius 3 is 2.39 bits per heavy atom. The van der Waals surface area contributed by atoms with Crippen LogP contribution in [-0.2, 0) is 16.1 Å². The van der Waals surface area contributed by atoms with Gasteiger partial charge in [-0.25, -0.2) is 0 Å². The van der Waals surface area contributed by atoms with Gasteiger partial charge < -0.3 is 15.4 Å². The fourth-order valence-corrected chi connectivity index (χ4v) is 2.81. The molecule has 0 aliphatic rings. The highest BCUT2D eigenvalue weighted by Gasteiger charge is 2.17. The predicted octanol–water partition coefficient (Wildman–Crippen LogP) is 3.24. The summed E-state index contributed by atoms with van der Waals surface area (Å²) < 4.78 is 6.01. The number of hydrogen-bond donors (Lipinski definition) is 2. The fourth-order valence-electron chi connectivity index (χ4n) is 2.54. The topological polar surface area (TPSA) is 84.5 Å². The average molecular weight is 447 g/mol. The first-order valence-corrected chi connectivity index (χ1v) is 9.67. The number of benzene rings is 2. The monoisotopic (exact) mass is 446 g/mol. The molecular formula is C21H23BrN2O4. The molecule has 0 radical (unpaired) electrons. The van der Waals surface area contributed by atoms with Gasteiger partial charge in [0, 0.05) is 29.4 Å². The molecule has 0 saturated heterocycles. The minimum absolute atomic E-state index is 0.0158. The van der Waals surface area contributed by atoms with Crippen LogP contribution >= 0.6 is 15.9 Å². The maximum atomic E-state index is 12.3. The minimum Gasteiger partial charge on any atom is -0.497 e. The van der Waals surface area contributed by atoms with E-state index >= 15 is 0 Å². The van der Waals surface area contributed by atoms with Crippen molar-refractivity contribution in [1.29, 1.82) is 0 Å². The van der Waals surface area contributed by atoms with E-state index in [1.165, 1.54) is 0 Å². The van der Waals surface area contributed by atoms with Crippen molar-refractivity contribution in [2.75, 3.05) is 7.11 Å². The zero-order chi connectivity index (χ0) is 20.5. The van der Waals surface area contributed by atoms with Crippen LogP contribution < -0.4 is 15.4 Å². The highest BCUT2D eigenvalue weighted by Crippen LogP contribution is 2.13. The largest absolute Gasteiger partial charge is 0.497 e. The van der Waals surface area contributed by atoms with E-state index in [0.29, 0.717) is 12.1 Å². The van der Waals surface area contributed by atoms with Crippen molar-refractivity contribution < 1.29 is 19.1 Å². The molecule has 0 aliphatic heterocycles. The molecule has 2 amide bonds. The third-order valence-electron chi connectivity index (χ3n) is 4.10. The number of amides is 2. The first-order chi connectivity index (χ1) is 13.4. The molecule has 1 atom stereocenters. The van der Waals surface area contributed by atoms with E-state index in [1.54, 1.807) is 38.3 Å². The Morgan fingerprint density at radius 2 is 1.71 bits per heavy atom. The number of carbonyl (C=O) groups excluding carboxylic acids is 3. The molecule has 2 rings (SSSR count).